The van der Waals surface area contributed by atoms with Crippen molar-refractivity contribution in [2.75, 3.05) is 0 Å². The molecule has 148 valence electrons. The van der Waals surface area contributed by atoms with Crippen LogP contribution in [0.1, 0.15) is 40.8 Å². The Morgan fingerprint density at radius 2 is 2.00 bits per heavy atom. The number of nitrogens with one attached hydrogen (secondary N) is 1. The molecule has 1 aromatic carbocycles. The zero-order valence-corrected chi connectivity index (χ0v) is 16.8. The number of carbonyl (C=O) groups excluding carboxylic acids is 1. The fourth-order valence-corrected chi connectivity index (χ4v) is 4.03. The quantitative estimate of drug-likeness (QED) is 0.502. The standard InChI is InChI=1S/C23H25N5O/c1-3-6-20-22(19-10-9-16-7-4-5-8-18(16)27-19)21(23(24)29)15(2)28(20)12-11-17-13-25-14-26-17/h4-5,7-10,13-14H,3,6,11-12H2,1-2H3,(H2,24,29)(H,25,26). The van der Waals surface area contributed by atoms with Crippen molar-refractivity contribution >= 4 is 16.8 Å². The first-order chi connectivity index (χ1) is 14.1. The fourth-order valence-electron chi connectivity index (χ4n) is 4.03. The van der Waals surface area contributed by atoms with E-state index < -0.39 is 5.91 Å². The zero-order valence-electron chi connectivity index (χ0n) is 16.8. The number of amides is 1. The Morgan fingerprint density at radius 1 is 1.17 bits per heavy atom. The first kappa shape index (κ1) is 18.9. The van der Waals surface area contributed by atoms with Crippen LogP contribution in [-0.4, -0.2) is 25.4 Å². The molecule has 0 aliphatic rings. The SMILES string of the molecule is CCCc1c(-c2ccc3ccccc3n2)c(C(N)=O)c(C)n1CCc1cnc[nH]1. The molecule has 3 aromatic heterocycles. The predicted molar refractivity (Wildman–Crippen MR) is 115 cm³/mol. The van der Waals surface area contributed by atoms with Crippen LogP contribution < -0.4 is 5.73 Å². The summed E-state index contributed by atoms with van der Waals surface area (Å²) in [5.41, 5.74) is 12.0. The van der Waals surface area contributed by atoms with Gasteiger partial charge in [0.25, 0.3) is 5.91 Å². The van der Waals surface area contributed by atoms with Crippen LogP contribution in [0, 0.1) is 6.92 Å². The molecule has 0 fully saturated rings. The third kappa shape index (κ3) is 3.53. The third-order valence-electron chi connectivity index (χ3n) is 5.38. The number of pyridine rings is 1. The number of carbonyl (C=O) groups is 1. The number of benzene rings is 1. The first-order valence-corrected chi connectivity index (χ1v) is 9.95. The number of para-hydroxylation sites is 1. The summed E-state index contributed by atoms with van der Waals surface area (Å²) in [5.74, 6) is -0.412. The first-order valence-electron chi connectivity index (χ1n) is 9.95. The molecule has 0 unspecified atom stereocenters. The molecule has 0 aliphatic carbocycles. The van der Waals surface area contributed by atoms with Gasteiger partial charge < -0.3 is 15.3 Å². The van der Waals surface area contributed by atoms with Gasteiger partial charge in [-0.2, -0.15) is 0 Å². The number of aromatic nitrogens is 4. The van der Waals surface area contributed by atoms with Crippen LogP contribution in [-0.2, 0) is 19.4 Å². The van der Waals surface area contributed by atoms with Gasteiger partial charge in [0.05, 0.1) is 23.1 Å². The predicted octanol–water partition coefficient (Wildman–Crippen LogP) is 4.03. The normalized spacial score (nSPS) is 11.2. The zero-order chi connectivity index (χ0) is 20.4. The molecule has 0 saturated carbocycles. The number of aromatic amines is 1. The molecule has 6 heteroatoms. The molecule has 0 aliphatic heterocycles. The van der Waals surface area contributed by atoms with Crippen LogP contribution in [0.25, 0.3) is 22.2 Å². The highest BCUT2D eigenvalue weighted by molar-refractivity contribution is 6.02. The monoisotopic (exact) mass is 387 g/mol. The molecule has 0 bridgehead atoms. The van der Waals surface area contributed by atoms with Gasteiger partial charge in [-0.1, -0.05) is 37.6 Å². The van der Waals surface area contributed by atoms with Crippen molar-refractivity contribution in [2.45, 2.75) is 39.7 Å². The van der Waals surface area contributed by atoms with Crippen molar-refractivity contribution in [3.8, 4) is 11.3 Å². The van der Waals surface area contributed by atoms with Crippen molar-refractivity contribution in [1.29, 1.82) is 0 Å². The Bertz CT molecular complexity index is 1160. The van der Waals surface area contributed by atoms with Crippen molar-refractivity contribution in [1.82, 2.24) is 19.5 Å². The van der Waals surface area contributed by atoms with Gasteiger partial charge in [-0.15, -0.1) is 0 Å². The second kappa shape index (κ2) is 7.91. The highest BCUT2D eigenvalue weighted by atomic mass is 16.1. The van der Waals surface area contributed by atoms with E-state index in [4.69, 9.17) is 10.7 Å². The van der Waals surface area contributed by atoms with Crippen LogP contribution in [0.2, 0.25) is 0 Å². The maximum Gasteiger partial charge on any atom is 0.251 e. The molecule has 3 heterocycles. The van der Waals surface area contributed by atoms with Crippen molar-refractivity contribution < 1.29 is 4.79 Å². The van der Waals surface area contributed by atoms with Crippen molar-refractivity contribution in [2.24, 2.45) is 5.73 Å². The number of primary amides is 1. The number of imidazole rings is 1. The molecule has 29 heavy (non-hydrogen) atoms. The summed E-state index contributed by atoms with van der Waals surface area (Å²) in [5, 5.41) is 1.07. The molecular formula is C23H25N5O. The molecule has 4 rings (SSSR count). The number of fused-ring (bicyclic) bond motifs is 1. The largest absolute Gasteiger partial charge is 0.366 e. The van der Waals surface area contributed by atoms with Gasteiger partial charge in [0, 0.05) is 47.2 Å². The minimum atomic E-state index is -0.412. The van der Waals surface area contributed by atoms with Gasteiger partial charge in [-0.3, -0.25) is 4.79 Å². The van der Waals surface area contributed by atoms with E-state index >= 15 is 0 Å². The number of rotatable bonds is 7. The second-order valence-electron chi connectivity index (χ2n) is 7.26. The topological polar surface area (TPSA) is 89.6 Å². The van der Waals surface area contributed by atoms with E-state index in [9.17, 15) is 4.79 Å². The van der Waals surface area contributed by atoms with Crippen molar-refractivity contribution in [3.63, 3.8) is 0 Å². The molecule has 0 spiro atoms. The van der Waals surface area contributed by atoms with Crippen molar-refractivity contribution in [3.05, 3.63) is 71.6 Å². The average Bonchev–Trinajstić information content (AvgIpc) is 3.33. The number of H-pyrrole nitrogens is 1. The number of hydrogen-bond donors (Lipinski definition) is 2. The Labute approximate surface area is 169 Å². The van der Waals surface area contributed by atoms with Gasteiger partial charge in [0.2, 0.25) is 0 Å². The maximum atomic E-state index is 12.4. The van der Waals surface area contributed by atoms with E-state index in [0.29, 0.717) is 5.56 Å². The summed E-state index contributed by atoms with van der Waals surface area (Å²) in [6.45, 7) is 4.86. The molecular weight excluding hydrogens is 362 g/mol. The molecule has 1 amide bonds. The minimum absolute atomic E-state index is 0.412. The minimum Gasteiger partial charge on any atom is -0.366 e. The van der Waals surface area contributed by atoms with Crippen LogP contribution in [0.3, 0.4) is 0 Å². The Morgan fingerprint density at radius 3 is 2.72 bits per heavy atom. The number of nitrogens with zero attached hydrogens (tertiary/aromatic N) is 3. The summed E-state index contributed by atoms with van der Waals surface area (Å²) < 4.78 is 2.22. The lowest BCUT2D eigenvalue weighted by Gasteiger charge is -2.12. The number of hydrogen-bond acceptors (Lipinski definition) is 3. The summed E-state index contributed by atoms with van der Waals surface area (Å²) in [6, 6.07) is 12.0. The van der Waals surface area contributed by atoms with Gasteiger partial charge in [0.1, 0.15) is 0 Å². The van der Waals surface area contributed by atoms with E-state index in [1.165, 1.54) is 0 Å². The maximum absolute atomic E-state index is 12.4. The fraction of sp³-hybridized carbons (Fsp3) is 0.261. The number of nitrogens with two attached hydrogens (primary N) is 1. The number of aryl methyl sites for hydroxylation is 1. The van der Waals surface area contributed by atoms with Crippen LogP contribution in [0.15, 0.2) is 48.9 Å². The smallest absolute Gasteiger partial charge is 0.251 e. The van der Waals surface area contributed by atoms with E-state index in [1.807, 2.05) is 43.5 Å². The summed E-state index contributed by atoms with van der Waals surface area (Å²) in [7, 11) is 0. The lowest BCUT2D eigenvalue weighted by molar-refractivity contribution is 0.1000. The molecule has 0 atom stereocenters. The molecule has 4 aromatic rings. The van der Waals surface area contributed by atoms with E-state index in [2.05, 4.69) is 27.5 Å². The highest BCUT2D eigenvalue weighted by Crippen LogP contribution is 2.33. The average molecular weight is 387 g/mol. The second-order valence-corrected chi connectivity index (χ2v) is 7.26. The summed E-state index contributed by atoms with van der Waals surface area (Å²) >= 11 is 0. The molecule has 3 N–H and O–H groups in total. The Balaban J connectivity index is 1.88. The van der Waals surface area contributed by atoms with E-state index in [-0.39, 0.29) is 0 Å². The Kier molecular flexibility index (Phi) is 5.16. The van der Waals surface area contributed by atoms with Crippen LogP contribution in [0.4, 0.5) is 0 Å². The highest BCUT2D eigenvalue weighted by Gasteiger charge is 2.25. The van der Waals surface area contributed by atoms with E-state index in [1.54, 1.807) is 6.33 Å². The van der Waals surface area contributed by atoms with Crippen LogP contribution in [0.5, 0.6) is 0 Å². The van der Waals surface area contributed by atoms with Gasteiger partial charge in [0.15, 0.2) is 0 Å². The summed E-state index contributed by atoms with van der Waals surface area (Å²) in [4.78, 5) is 24.5. The van der Waals surface area contributed by atoms with Gasteiger partial charge in [-0.05, 0) is 25.5 Å². The van der Waals surface area contributed by atoms with Gasteiger partial charge in [-0.25, -0.2) is 9.97 Å². The molecule has 0 radical (unpaired) electrons. The van der Waals surface area contributed by atoms with Crippen LogP contribution >= 0.6 is 0 Å². The lowest BCUT2D eigenvalue weighted by Crippen LogP contribution is -2.14. The summed E-state index contributed by atoms with van der Waals surface area (Å²) in [6.07, 6.45) is 6.13. The lowest BCUT2D eigenvalue weighted by atomic mass is 10.0. The Hall–Kier alpha value is -3.41. The molecule has 0 saturated heterocycles. The van der Waals surface area contributed by atoms with Gasteiger partial charge >= 0.3 is 0 Å². The molecule has 6 nitrogen and oxygen atoms in total. The van der Waals surface area contributed by atoms with E-state index in [0.717, 1.165) is 65.0 Å². The third-order valence-corrected chi connectivity index (χ3v) is 5.38.